The van der Waals surface area contributed by atoms with Crippen molar-refractivity contribution in [2.45, 2.75) is 18.5 Å². The van der Waals surface area contributed by atoms with E-state index in [0.717, 1.165) is 0 Å². The standard InChI is InChI=1S/C4H10OSi/c1-5-6-3-2-4-6/h6H,2-4H2,1H3. The van der Waals surface area contributed by atoms with E-state index in [0.29, 0.717) is 0 Å². The topological polar surface area (TPSA) is 9.23 Å². The van der Waals surface area contributed by atoms with Crippen LogP contribution in [-0.2, 0) is 4.43 Å². The summed E-state index contributed by atoms with van der Waals surface area (Å²) in [4.78, 5) is 0. The average molecular weight is 102 g/mol. The van der Waals surface area contributed by atoms with Crippen LogP contribution in [0.5, 0.6) is 0 Å². The molecule has 0 bridgehead atoms. The summed E-state index contributed by atoms with van der Waals surface area (Å²) in [6, 6.07) is 2.85. The molecule has 0 aromatic heterocycles. The van der Waals surface area contributed by atoms with Crippen molar-refractivity contribution >= 4 is 9.04 Å². The lowest BCUT2D eigenvalue weighted by Crippen LogP contribution is -2.23. The lowest BCUT2D eigenvalue weighted by atomic mass is 10.5. The zero-order valence-corrected chi connectivity index (χ0v) is 5.26. The molecule has 0 saturated carbocycles. The van der Waals surface area contributed by atoms with E-state index >= 15 is 0 Å². The van der Waals surface area contributed by atoms with Crippen molar-refractivity contribution in [1.82, 2.24) is 0 Å². The van der Waals surface area contributed by atoms with Crippen molar-refractivity contribution in [3.05, 3.63) is 0 Å². The SMILES string of the molecule is CO[SiH]1CCC1. The van der Waals surface area contributed by atoms with Crippen molar-refractivity contribution in [1.29, 1.82) is 0 Å². The zero-order chi connectivity index (χ0) is 4.41. The van der Waals surface area contributed by atoms with E-state index in [2.05, 4.69) is 0 Å². The Hall–Kier alpha value is 0.177. The molecule has 1 heterocycles. The van der Waals surface area contributed by atoms with E-state index in [1.165, 1.54) is 18.5 Å². The smallest absolute Gasteiger partial charge is 0.176 e. The predicted octanol–water partition coefficient (Wildman–Crippen LogP) is 0.760. The highest BCUT2D eigenvalue weighted by Gasteiger charge is 2.17. The second-order valence-electron chi connectivity index (χ2n) is 1.79. The van der Waals surface area contributed by atoms with Crippen LogP contribution < -0.4 is 0 Å². The highest BCUT2D eigenvalue weighted by Crippen LogP contribution is 2.19. The predicted molar refractivity (Wildman–Crippen MR) is 28.4 cm³/mol. The average Bonchev–Trinajstić information content (AvgIpc) is 1.31. The summed E-state index contributed by atoms with van der Waals surface area (Å²) in [6.45, 7) is 0. The summed E-state index contributed by atoms with van der Waals surface area (Å²) in [5.41, 5.74) is 0. The minimum absolute atomic E-state index is 0.480. The van der Waals surface area contributed by atoms with E-state index in [1.54, 1.807) is 0 Å². The minimum Gasteiger partial charge on any atom is -0.423 e. The Morgan fingerprint density at radius 3 is 2.17 bits per heavy atom. The molecule has 0 amide bonds. The maximum absolute atomic E-state index is 5.12. The summed E-state index contributed by atoms with van der Waals surface area (Å²) in [6.07, 6.45) is 1.44. The van der Waals surface area contributed by atoms with E-state index in [9.17, 15) is 0 Å². The molecule has 0 unspecified atom stereocenters. The van der Waals surface area contributed by atoms with Crippen molar-refractivity contribution in [2.75, 3.05) is 7.11 Å². The minimum atomic E-state index is -0.480. The van der Waals surface area contributed by atoms with Gasteiger partial charge in [-0.15, -0.1) is 0 Å². The molecule has 1 rings (SSSR count). The van der Waals surface area contributed by atoms with Gasteiger partial charge in [-0.3, -0.25) is 0 Å². The Bertz CT molecular complexity index is 40.1. The van der Waals surface area contributed by atoms with Gasteiger partial charge in [-0.2, -0.15) is 0 Å². The van der Waals surface area contributed by atoms with Crippen molar-refractivity contribution < 1.29 is 4.43 Å². The molecule has 1 aliphatic rings. The Kier molecular flexibility index (Phi) is 1.27. The first-order chi connectivity index (χ1) is 2.93. The number of rotatable bonds is 1. The van der Waals surface area contributed by atoms with E-state index in [1.807, 2.05) is 7.11 Å². The Labute approximate surface area is 40.0 Å². The van der Waals surface area contributed by atoms with Gasteiger partial charge in [-0.05, 0) is 12.1 Å². The largest absolute Gasteiger partial charge is 0.423 e. The molecule has 6 heavy (non-hydrogen) atoms. The van der Waals surface area contributed by atoms with Crippen LogP contribution in [0.3, 0.4) is 0 Å². The summed E-state index contributed by atoms with van der Waals surface area (Å²) in [5, 5.41) is 0. The van der Waals surface area contributed by atoms with Gasteiger partial charge in [0, 0.05) is 7.11 Å². The zero-order valence-electron chi connectivity index (χ0n) is 4.11. The van der Waals surface area contributed by atoms with Gasteiger partial charge < -0.3 is 4.43 Å². The van der Waals surface area contributed by atoms with Gasteiger partial charge in [0.25, 0.3) is 0 Å². The van der Waals surface area contributed by atoms with Gasteiger partial charge in [0.05, 0.1) is 0 Å². The molecule has 0 spiro atoms. The van der Waals surface area contributed by atoms with Crippen LogP contribution in [0, 0.1) is 0 Å². The highest BCUT2D eigenvalue weighted by atomic mass is 28.3. The fourth-order valence-electron chi connectivity index (χ4n) is 0.606. The van der Waals surface area contributed by atoms with Crippen LogP contribution in [0.15, 0.2) is 0 Å². The van der Waals surface area contributed by atoms with Crippen LogP contribution in [0.25, 0.3) is 0 Å². The van der Waals surface area contributed by atoms with Crippen molar-refractivity contribution in [3.8, 4) is 0 Å². The fraction of sp³-hybridized carbons (Fsp3) is 1.00. The van der Waals surface area contributed by atoms with Gasteiger partial charge >= 0.3 is 0 Å². The molecule has 0 N–H and O–H groups in total. The highest BCUT2D eigenvalue weighted by molar-refractivity contribution is 6.54. The van der Waals surface area contributed by atoms with Crippen LogP contribution in [0.4, 0.5) is 0 Å². The van der Waals surface area contributed by atoms with Crippen LogP contribution in [-0.4, -0.2) is 16.2 Å². The quantitative estimate of drug-likeness (QED) is 0.444. The maximum Gasteiger partial charge on any atom is 0.176 e. The third-order valence-corrected chi connectivity index (χ3v) is 4.16. The molecule has 0 radical (unpaired) electrons. The first kappa shape index (κ1) is 4.34. The van der Waals surface area contributed by atoms with Crippen molar-refractivity contribution in [2.24, 2.45) is 0 Å². The van der Waals surface area contributed by atoms with E-state index < -0.39 is 9.04 Å². The van der Waals surface area contributed by atoms with Gasteiger partial charge in [0.1, 0.15) is 0 Å². The summed E-state index contributed by atoms with van der Waals surface area (Å²) < 4.78 is 5.12. The molecule has 1 saturated heterocycles. The molecular formula is C4H10OSi. The number of hydrogen-bond acceptors (Lipinski definition) is 1. The molecule has 0 aliphatic carbocycles. The molecule has 1 aliphatic heterocycles. The molecule has 1 nitrogen and oxygen atoms in total. The molecule has 36 valence electrons. The maximum atomic E-state index is 5.12. The lowest BCUT2D eigenvalue weighted by Gasteiger charge is -2.20. The molecule has 0 aromatic rings. The third-order valence-electron chi connectivity index (χ3n) is 1.39. The molecule has 0 aromatic carbocycles. The lowest BCUT2D eigenvalue weighted by molar-refractivity contribution is 0.401. The second kappa shape index (κ2) is 1.75. The molecule has 1 fully saturated rings. The van der Waals surface area contributed by atoms with Gasteiger partial charge in [-0.25, -0.2) is 0 Å². The van der Waals surface area contributed by atoms with Crippen LogP contribution >= 0.6 is 0 Å². The Balaban J connectivity index is 2.01. The molecular weight excluding hydrogens is 92.1 g/mol. The summed E-state index contributed by atoms with van der Waals surface area (Å²) in [5.74, 6) is 0. The Morgan fingerprint density at radius 2 is 2.17 bits per heavy atom. The second-order valence-corrected chi connectivity index (χ2v) is 4.66. The summed E-state index contributed by atoms with van der Waals surface area (Å²) in [7, 11) is 1.36. The van der Waals surface area contributed by atoms with Gasteiger partial charge in [0.15, 0.2) is 9.04 Å². The third kappa shape index (κ3) is 0.630. The van der Waals surface area contributed by atoms with Crippen LogP contribution in [0.2, 0.25) is 12.1 Å². The van der Waals surface area contributed by atoms with Crippen molar-refractivity contribution in [3.63, 3.8) is 0 Å². The van der Waals surface area contributed by atoms with E-state index in [-0.39, 0.29) is 0 Å². The monoisotopic (exact) mass is 102 g/mol. The Morgan fingerprint density at radius 1 is 1.50 bits per heavy atom. The molecule has 0 atom stereocenters. The first-order valence-corrected chi connectivity index (χ1v) is 4.56. The molecule has 2 heteroatoms. The van der Waals surface area contributed by atoms with E-state index in [4.69, 9.17) is 4.43 Å². The number of hydrogen-bond donors (Lipinski definition) is 0. The van der Waals surface area contributed by atoms with Gasteiger partial charge in [0.2, 0.25) is 0 Å². The normalized spacial score (nSPS) is 23.5. The fourth-order valence-corrected chi connectivity index (χ4v) is 1.82. The summed E-state index contributed by atoms with van der Waals surface area (Å²) >= 11 is 0. The first-order valence-electron chi connectivity index (χ1n) is 2.46. The van der Waals surface area contributed by atoms with Crippen LogP contribution in [0.1, 0.15) is 6.42 Å². The van der Waals surface area contributed by atoms with Gasteiger partial charge in [-0.1, -0.05) is 6.42 Å².